The van der Waals surface area contributed by atoms with Crippen molar-refractivity contribution in [3.63, 3.8) is 0 Å². The zero-order valence-electron chi connectivity index (χ0n) is 7.40. The van der Waals surface area contributed by atoms with Gasteiger partial charge in [0.15, 0.2) is 0 Å². The Kier molecular flexibility index (Phi) is 1.86. The van der Waals surface area contributed by atoms with Gasteiger partial charge in [-0.15, -0.1) is 0 Å². The third kappa shape index (κ3) is 1.50. The van der Waals surface area contributed by atoms with Crippen molar-refractivity contribution in [2.75, 3.05) is 0 Å². The van der Waals surface area contributed by atoms with Gasteiger partial charge in [-0.25, -0.2) is 4.79 Å². The highest BCUT2D eigenvalue weighted by molar-refractivity contribution is 5.94. The number of amides is 1. The standard InChI is InChI=1S/C8H6N4O3/c9-6(13)5-1-4-3(2-10-5)7(14)12-8(15)11-4/h1-2H,(H2,9,13)(H2,11,12,14,15). The summed E-state index contributed by atoms with van der Waals surface area (Å²) in [7, 11) is 0. The molecule has 0 aromatic carbocycles. The monoisotopic (exact) mass is 206 g/mol. The molecule has 0 unspecified atom stereocenters. The number of rotatable bonds is 1. The topological polar surface area (TPSA) is 122 Å². The first-order chi connectivity index (χ1) is 7.08. The molecule has 0 saturated heterocycles. The number of fused-ring (bicyclic) bond motifs is 1. The minimum atomic E-state index is -0.724. The molecule has 0 spiro atoms. The average molecular weight is 206 g/mol. The van der Waals surface area contributed by atoms with E-state index in [1.54, 1.807) is 0 Å². The van der Waals surface area contributed by atoms with Gasteiger partial charge in [-0.1, -0.05) is 0 Å². The Morgan fingerprint density at radius 1 is 1.33 bits per heavy atom. The normalized spacial score (nSPS) is 10.4. The molecule has 0 fully saturated rings. The van der Waals surface area contributed by atoms with Gasteiger partial charge in [0.05, 0.1) is 10.9 Å². The molecule has 76 valence electrons. The highest BCUT2D eigenvalue weighted by atomic mass is 16.2. The van der Waals surface area contributed by atoms with Gasteiger partial charge in [-0.05, 0) is 6.07 Å². The van der Waals surface area contributed by atoms with Crippen LogP contribution in [0.3, 0.4) is 0 Å². The summed E-state index contributed by atoms with van der Waals surface area (Å²) in [4.78, 5) is 41.1. The molecule has 0 aliphatic carbocycles. The van der Waals surface area contributed by atoms with Crippen LogP contribution in [0.15, 0.2) is 21.9 Å². The number of carbonyl (C=O) groups excluding carboxylic acids is 1. The molecule has 2 aromatic rings. The maximum Gasteiger partial charge on any atom is 0.326 e. The SMILES string of the molecule is NC(=O)c1cc2[nH]c(=O)[nH]c(=O)c2cn1. The fraction of sp³-hybridized carbons (Fsp3) is 0. The van der Waals surface area contributed by atoms with E-state index in [1.807, 2.05) is 4.98 Å². The van der Waals surface area contributed by atoms with Crippen LogP contribution in [-0.4, -0.2) is 20.9 Å². The number of aromatic amines is 2. The number of nitrogens with zero attached hydrogens (tertiary/aromatic N) is 1. The molecule has 0 aliphatic rings. The lowest BCUT2D eigenvalue weighted by Crippen LogP contribution is -2.23. The summed E-state index contributed by atoms with van der Waals surface area (Å²) in [5.41, 5.74) is 4.02. The molecule has 15 heavy (non-hydrogen) atoms. The largest absolute Gasteiger partial charge is 0.364 e. The number of aromatic nitrogens is 3. The summed E-state index contributed by atoms with van der Waals surface area (Å²) in [6.45, 7) is 0. The van der Waals surface area contributed by atoms with Crippen LogP contribution in [-0.2, 0) is 0 Å². The molecule has 0 bridgehead atoms. The summed E-state index contributed by atoms with van der Waals surface area (Å²) in [6, 6.07) is 1.26. The molecule has 0 saturated carbocycles. The summed E-state index contributed by atoms with van der Waals surface area (Å²) >= 11 is 0. The van der Waals surface area contributed by atoms with E-state index in [9.17, 15) is 14.4 Å². The van der Waals surface area contributed by atoms with Gasteiger partial charge in [0, 0.05) is 6.20 Å². The molecule has 2 rings (SSSR count). The summed E-state index contributed by atoms with van der Waals surface area (Å²) < 4.78 is 0. The molecule has 0 atom stereocenters. The predicted molar refractivity (Wildman–Crippen MR) is 51.5 cm³/mol. The second-order valence-corrected chi connectivity index (χ2v) is 2.89. The fourth-order valence-electron chi connectivity index (χ4n) is 1.20. The van der Waals surface area contributed by atoms with Crippen LogP contribution in [0.2, 0.25) is 0 Å². The first kappa shape index (κ1) is 9.13. The quantitative estimate of drug-likeness (QED) is 0.537. The Bertz CT molecular complexity index is 655. The molecular formula is C8H6N4O3. The molecule has 1 amide bonds. The Labute approximate surface area is 82.0 Å². The molecule has 2 aromatic heterocycles. The van der Waals surface area contributed by atoms with Gasteiger partial charge in [0.2, 0.25) is 0 Å². The number of carbonyl (C=O) groups is 1. The minimum absolute atomic E-state index is 0.0104. The van der Waals surface area contributed by atoms with E-state index in [0.717, 1.165) is 0 Å². The van der Waals surface area contributed by atoms with Crippen LogP contribution in [0.1, 0.15) is 10.5 Å². The van der Waals surface area contributed by atoms with E-state index in [2.05, 4.69) is 9.97 Å². The van der Waals surface area contributed by atoms with Crippen LogP contribution in [0.4, 0.5) is 0 Å². The lowest BCUT2D eigenvalue weighted by molar-refractivity contribution is 0.0996. The van der Waals surface area contributed by atoms with Crippen molar-refractivity contribution in [3.05, 3.63) is 38.8 Å². The summed E-state index contributed by atoms with van der Waals surface area (Å²) in [6.07, 6.45) is 1.18. The van der Waals surface area contributed by atoms with Gasteiger partial charge in [0.25, 0.3) is 11.5 Å². The lowest BCUT2D eigenvalue weighted by atomic mass is 10.2. The van der Waals surface area contributed by atoms with Crippen molar-refractivity contribution in [1.29, 1.82) is 0 Å². The van der Waals surface area contributed by atoms with Crippen molar-refractivity contribution in [1.82, 2.24) is 15.0 Å². The fourth-order valence-corrected chi connectivity index (χ4v) is 1.20. The van der Waals surface area contributed by atoms with E-state index in [4.69, 9.17) is 5.73 Å². The van der Waals surface area contributed by atoms with Gasteiger partial charge >= 0.3 is 5.69 Å². The maximum absolute atomic E-state index is 11.2. The van der Waals surface area contributed by atoms with Crippen LogP contribution < -0.4 is 17.0 Å². The Hall–Kier alpha value is -2.44. The van der Waals surface area contributed by atoms with E-state index in [-0.39, 0.29) is 16.6 Å². The van der Waals surface area contributed by atoms with Crippen molar-refractivity contribution < 1.29 is 4.79 Å². The summed E-state index contributed by atoms with van der Waals surface area (Å²) in [5, 5.41) is 0.194. The second kappa shape index (κ2) is 3.05. The molecule has 7 nitrogen and oxygen atoms in total. The third-order valence-electron chi connectivity index (χ3n) is 1.88. The van der Waals surface area contributed by atoms with Crippen LogP contribution in [0.25, 0.3) is 10.9 Å². The van der Waals surface area contributed by atoms with E-state index in [0.29, 0.717) is 0 Å². The van der Waals surface area contributed by atoms with Gasteiger partial charge in [0.1, 0.15) is 5.69 Å². The van der Waals surface area contributed by atoms with Gasteiger partial charge < -0.3 is 10.7 Å². The minimum Gasteiger partial charge on any atom is -0.364 e. The maximum atomic E-state index is 11.2. The zero-order valence-corrected chi connectivity index (χ0v) is 7.40. The Balaban J connectivity index is 2.88. The first-order valence-electron chi connectivity index (χ1n) is 4.00. The van der Waals surface area contributed by atoms with Crippen LogP contribution in [0, 0.1) is 0 Å². The molecule has 2 heterocycles. The van der Waals surface area contributed by atoms with Crippen molar-refractivity contribution in [3.8, 4) is 0 Å². The molecule has 7 heteroatoms. The number of primary amides is 1. The second-order valence-electron chi connectivity index (χ2n) is 2.89. The van der Waals surface area contributed by atoms with E-state index in [1.165, 1.54) is 12.3 Å². The number of hydrogen-bond acceptors (Lipinski definition) is 4. The number of pyridine rings is 1. The number of nitrogens with two attached hydrogens (primary N) is 1. The van der Waals surface area contributed by atoms with Crippen molar-refractivity contribution >= 4 is 16.8 Å². The predicted octanol–water partition coefficient (Wildman–Crippen LogP) is -1.29. The third-order valence-corrected chi connectivity index (χ3v) is 1.88. The number of hydrogen-bond donors (Lipinski definition) is 3. The van der Waals surface area contributed by atoms with Gasteiger partial charge in [-0.2, -0.15) is 0 Å². The smallest absolute Gasteiger partial charge is 0.326 e. The molecule has 4 N–H and O–H groups in total. The van der Waals surface area contributed by atoms with Crippen LogP contribution in [0.5, 0.6) is 0 Å². The highest BCUT2D eigenvalue weighted by Gasteiger charge is 2.06. The molecule has 0 aliphatic heterocycles. The Morgan fingerprint density at radius 2 is 2.07 bits per heavy atom. The van der Waals surface area contributed by atoms with Gasteiger partial charge in [-0.3, -0.25) is 19.6 Å². The lowest BCUT2D eigenvalue weighted by Gasteiger charge is -1.97. The van der Waals surface area contributed by atoms with Crippen molar-refractivity contribution in [2.24, 2.45) is 5.73 Å². The van der Waals surface area contributed by atoms with Crippen molar-refractivity contribution in [2.45, 2.75) is 0 Å². The first-order valence-corrected chi connectivity index (χ1v) is 4.00. The highest BCUT2D eigenvalue weighted by Crippen LogP contribution is 2.04. The Morgan fingerprint density at radius 3 is 2.73 bits per heavy atom. The molecule has 0 radical (unpaired) electrons. The molecular weight excluding hydrogens is 200 g/mol. The average Bonchev–Trinajstić information content (AvgIpc) is 2.16. The number of nitrogens with one attached hydrogen (secondary N) is 2. The van der Waals surface area contributed by atoms with E-state index >= 15 is 0 Å². The van der Waals surface area contributed by atoms with E-state index < -0.39 is 17.2 Å². The van der Waals surface area contributed by atoms with Crippen LogP contribution >= 0.6 is 0 Å². The zero-order chi connectivity index (χ0) is 11.0. The number of H-pyrrole nitrogens is 2. The summed E-state index contributed by atoms with van der Waals surface area (Å²) in [5.74, 6) is -0.724.